The number of hydrazone groups is 1. The van der Waals surface area contributed by atoms with Crippen molar-refractivity contribution in [2.45, 2.75) is 39.2 Å². The second kappa shape index (κ2) is 13.1. The summed E-state index contributed by atoms with van der Waals surface area (Å²) in [6.45, 7) is 5.38. The maximum absolute atomic E-state index is 12.7. The van der Waals surface area contributed by atoms with E-state index in [1.165, 1.54) is 13.1 Å². The fraction of sp³-hybridized carbons (Fsp3) is 0.423. The number of amides is 2. The molecule has 37 heavy (non-hydrogen) atoms. The number of sulfonamides is 1. The van der Waals surface area contributed by atoms with Crippen molar-refractivity contribution in [2.75, 3.05) is 36.9 Å². The number of nitrogens with zero attached hydrogens (tertiary/aromatic N) is 3. The molecule has 2 aromatic rings. The third-order valence-electron chi connectivity index (χ3n) is 5.83. The van der Waals surface area contributed by atoms with Crippen LogP contribution in [0.15, 0.2) is 53.6 Å². The van der Waals surface area contributed by atoms with Gasteiger partial charge in [-0.2, -0.15) is 5.10 Å². The Kier molecular flexibility index (Phi) is 9.90. The number of hydrogen-bond acceptors (Lipinski definition) is 7. The molecule has 0 aliphatic carbocycles. The Balaban J connectivity index is 1.55. The van der Waals surface area contributed by atoms with Gasteiger partial charge in [-0.3, -0.25) is 13.9 Å². The summed E-state index contributed by atoms with van der Waals surface area (Å²) < 4.78 is 36.9. The third-order valence-corrected chi connectivity index (χ3v) is 7.07. The van der Waals surface area contributed by atoms with Crippen LogP contribution in [0.2, 0.25) is 0 Å². The minimum absolute atomic E-state index is 0.00737. The van der Waals surface area contributed by atoms with Crippen LogP contribution in [0.5, 0.6) is 11.5 Å². The van der Waals surface area contributed by atoms with Gasteiger partial charge in [0.2, 0.25) is 10.0 Å². The third kappa shape index (κ3) is 8.21. The summed E-state index contributed by atoms with van der Waals surface area (Å²) in [4.78, 5) is 26.7. The topological polar surface area (TPSA) is 118 Å². The van der Waals surface area contributed by atoms with Crippen LogP contribution in [0.25, 0.3) is 0 Å². The van der Waals surface area contributed by atoms with E-state index < -0.39 is 22.0 Å². The van der Waals surface area contributed by atoms with E-state index in [1.807, 2.05) is 11.8 Å². The molecule has 0 bridgehead atoms. The van der Waals surface area contributed by atoms with Gasteiger partial charge in [0.25, 0.3) is 11.8 Å². The van der Waals surface area contributed by atoms with E-state index in [0.717, 1.165) is 42.9 Å². The number of anilines is 1. The predicted octanol–water partition coefficient (Wildman–Crippen LogP) is 2.78. The molecule has 1 heterocycles. The number of carbonyl (C=O) groups is 2. The molecule has 1 fully saturated rings. The molecule has 1 aliphatic heterocycles. The number of nitrogens with one attached hydrogen (secondary N) is 1. The average Bonchev–Trinajstić information content (AvgIpc) is 2.89. The molecule has 1 saturated heterocycles. The summed E-state index contributed by atoms with van der Waals surface area (Å²) in [6.07, 6.45) is 5.70. The summed E-state index contributed by atoms with van der Waals surface area (Å²) in [5, 5.41) is 3.96. The monoisotopic (exact) mass is 530 g/mol. The Labute approximate surface area is 218 Å². The first-order chi connectivity index (χ1) is 17.7. The van der Waals surface area contributed by atoms with Crippen molar-refractivity contribution < 1.29 is 27.5 Å². The number of hydrogen-bond donors (Lipinski definition) is 1. The minimum atomic E-state index is -3.75. The maximum Gasteiger partial charge on any atom is 0.263 e. The molecule has 2 amide bonds. The van der Waals surface area contributed by atoms with E-state index in [9.17, 15) is 18.0 Å². The molecule has 2 aromatic carbocycles. The lowest BCUT2D eigenvalue weighted by atomic mass is 10.1. The fourth-order valence-corrected chi connectivity index (χ4v) is 5.13. The van der Waals surface area contributed by atoms with Gasteiger partial charge in [0, 0.05) is 13.1 Å². The molecule has 0 spiro atoms. The second-order valence-corrected chi connectivity index (χ2v) is 10.6. The van der Waals surface area contributed by atoms with Gasteiger partial charge in [0.1, 0.15) is 17.5 Å². The number of benzene rings is 2. The van der Waals surface area contributed by atoms with Gasteiger partial charge in [-0.15, -0.1) is 0 Å². The van der Waals surface area contributed by atoms with Crippen LogP contribution in [-0.2, 0) is 19.6 Å². The van der Waals surface area contributed by atoms with Gasteiger partial charge in [-0.05, 0) is 87.2 Å². The quantitative estimate of drug-likeness (QED) is 0.353. The number of rotatable bonds is 11. The van der Waals surface area contributed by atoms with Gasteiger partial charge in [0.05, 0.1) is 24.8 Å². The number of carbonyl (C=O) groups excluding carboxylic acids is 2. The standard InChI is InChI=1S/C26H34N4O6S/c1-4-35-23-14-10-22(11-15-23)30(37(3,33)34)20(2)26(32)28-27-18-21-8-12-24(13-9-21)36-19-25(31)29-16-6-5-7-17-29/h8-15,18,20H,4-7,16-17,19H2,1-3H3,(H,28,32)/b27-18-/t20-/m1/s1. The van der Waals surface area contributed by atoms with Gasteiger partial charge < -0.3 is 14.4 Å². The summed E-state index contributed by atoms with van der Waals surface area (Å²) >= 11 is 0. The fourth-order valence-electron chi connectivity index (χ4n) is 3.96. The number of piperidine rings is 1. The smallest absolute Gasteiger partial charge is 0.263 e. The van der Waals surface area contributed by atoms with Crippen LogP contribution in [-0.4, -0.2) is 69.9 Å². The molecule has 0 aromatic heterocycles. The average molecular weight is 531 g/mol. The van der Waals surface area contributed by atoms with Crippen molar-refractivity contribution in [1.29, 1.82) is 0 Å². The molecule has 0 saturated carbocycles. The Morgan fingerprint density at radius 3 is 2.22 bits per heavy atom. The van der Waals surface area contributed by atoms with Crippen LogP contribution >= 0.6 is 0 Å². The molecular formula is C26H34N4O6S. The van der Waals surface area contributed by atoms with Gasteiger partial charge >= 0.3 is 0 Å². The van der Waals surface area contributed by atoms with Crippen molar-refractivity contribution in [3.63, 3.8) is 0 Å². The van der Waals surface area contributed by atoms with Crippen LogP contribution in [0.3, 0.4) is 0 Å². The van der Waals surface area contributed by atoms with Crippen LogP contribution < -0.4 is 19.2 Å². The van der Waals surface area contributed by atoms with Gasteiger partial charge in [-0.25, -0.2) is 13.8 Å². The first kappa shape index (κ1) is 28.0. The molecule has 1 N–H and O–H groups in total. The maximum atomic E-state index is 12.7. The van der Waals surface area contributed by atoms with Crippen molar-refractivity contribution in [1.82, 2.24) is 10.3 Å². The molecule has 11 heteroatoms. The highest BCUT2D eigenvalue weighted by Gasteiger charge is 2.29. The number of likely N-dealkylation sites (tertiary alicyclic amines) is 1. The van der Waals surface area contributed by atoms with Crippen molar-refractivity contribution in [2.24, 2.45) is 5.10 Å². The first-order valence-electron chi connectivity index (χ1n) is 12.2. The summed E-state index contributed by atoms with van der Waals surface area (Å²) in [7, 11) is -3.75. The lowest BCUT2D eigenvalue weighted by Crippen LogP contribution is -2.46. The Bertz CT molecular complexity index is 1180. The second-order valence-electron chi connectivity index (χ2n) is 8.70. The largest absolute Gasteiger partial charge is 0.494 e. The van der Waals surface area contributed by atoms with Gasteiger partial charge in [0.15, 0.2) is 6.61 Å². The Morgan fingerprint density at radius 1 is 1.03 bits per heavy atom. The predicted molar refractivity (Wildman–Crippen MR) is 143 cm³/mol. The molecule has 1 aliphatic rings. The lowest BCUT2D eigenvalue weighted by molar-refractivity contribution is -0.134. The number of ether oxygens (including phenoxy) is 2. The lowest BCUT2D eigenvalue weighted by Gasteiger charge is -2.27. The molecule has 10 nitrogen and oxygen atoms in total. The van der Waals surface area contributed by atoms with Crippen LogP contribution in [0, 0.1) is 0 Å². The van der Waals surface area contributed by atoms with E-state index >= 15 is 0 Å². The van der Waals surface area contributed by atoms with Crippen molar-refractivity contribution >= 4 is 33.7 Å². The highest BCUT2D eigenvalue weighted by atomic mass is 32.2. The normalized spacial score (nSPS) is 14.7. The first-order valence-corrected chi connectivity index (χ1v) is 14.1. The van der Waals surface area contributed by atoms with Crippen LogP contribution in [0.1, 0.15) is 38.7 Å². The molecular weight excluding hydrogens is 496 g/mol. The molecule has 1 atom stereocenters. The van der Waals surface area contributed by atoms with Gasteiger partial charge in [-0.1, -0.05) is 0 Å². The summed E-state index contributed by atoms with van der Waals surface area (Å²) in [5.41, 5.74) is 3.42. The molecule has 200 valence electrons. The summed E-state index contributed by atoms with van der Waals surface area (Å²) in [5.74, 6) is 0.549. The van der Waals surface area contributed by atoms with E-state index in [4.69, 9.17) is 9.47 Å². The van der Waals surface area contributed by atoms with Crippen molar-refractivity contribution in [3.8, 4) is 11.5 Å². The Hall–Kier alpha value is -3.60. The molecule has 3 rings (SSSR count). The van der Waals surface area contributed by atoms with Crippen molar-refractivity contribution in [3.05, 3.63) is 54.1 Å². The van der Waals surface area contributed by atoms with Crippen LogP contribution in [0.4, 0.5) is 5.69 Å². The van der Waals surface area contributed by atoms with E-state index in [1.54, 1.807) is 48.5 Å². The SMILES string of the molecule is CCOc1ccc(N([C@H](C)C(=O)N/N=C\c2ccc(OCC(=O)N3CCCCC3)cc2)S(C)(=O)=O)cc1. The molecule has 0 radical (unpaired) electrons. The zero-order valence-electron chi connectivity index (χ0n) is 21.4. The Morgan fingerprint density at radius 2 is 1.62 bits per heavy atom. The zero-order valence-corrected chi connectivity index (χ0v) is 22.2. The zero-order chi connectivity index (χ0) is 26.8. The van der Waals surface area contributed by atoms with E-state index in [0.29, 0.717) is 29.4 Å². The highest BCUT2D eigenvalue weighted by Crippen LogP contribution is 2.24. The molecule has 0 unspecified atom stereocenters. The minimum Gasteiger partial charge on any atom is -0.494 e. The summed E-state index contributed by atoms with van der Waals surface area (Å²) in [6, 6.07) is 12.3. The van der Waals surface area contributed by atoms with E-state index in [-0.39, 0.29) is 12.5 Å². The highest BCUT2D eigenvalue weighted by molar-refractivity contribution is 7.92. The van der Waals surface area contributed by atoms with E-state index in [2.05, 4.69) is 10.5 Å².